The Morgan fingerprint density at radius 1 is 0.882 bits per heavy atom. The van der Waals surface area contributed by atoms with Crippen LogP contribution >= 0.6 is 0 Å². The number of ketones is 1. The molecular weight excluding hydrogens is 422 g/mol. The summed E-state index contributed by atoms with van der Waals surface area (Å²) in [5, 5.41) is 0.748. The van der Waals surface area contributed by atoms with Gasteiger partial charge in [0.1, 0.15) is 11.1 Å². The summed E-state index contributed by atoms with van der Waals surface area (Å²) in [5.41, 5.74) is 6.93. The predicted molar refractivity (Wildman–Crippen MR) is 144 cm³/mol. The number of unbranched alkanes of at least 4 members (excludes halogenated alkanes) is 4. The number of allylic oxidation sites excluding steroid dienone is 8. The van der Waals surface area contributed by atoms with Gasteiger partial charge in [-0.3, -0.25) is 4.79 Å². The maximum absolute atomic E-state index is 12.6. The van der Waals surface area contributed by atoms with Gasteiger partial charge in [0.25, 0.3) is 0 Å². The molecule has 0 bridgehead atoms. The van der Waals surface area contributed by atoms with Gasteiger partial charge in [-0.05, 0) is 69.6 Å². The molecule has 4 nitrogen and oxygen atoms in total. The average molecular weight is 462 g/mol. The van der Waals surface area contributed by atoms with E-state index < -0.39 is 5.63 Å². The lowest BCUT2D eigenvalue weighted by Crippen LogP contribution is -2.16. The number of hydrogen-bond acceptors (Lipinski definition) is 4. The highest BCUT2D eigenvalue weighted by atomic mass is 16.4. The Balaban J connectivity index is 1.65. The maximum atomic E-state index is 12.6. The molecule has 1 aromatic carbocycles. The summed E-state index contributed by atoms with van der Waals surface area (Å²) < 4.78 is 5.33. The maximum Gasteiger partial charge on any atom is 0.347 e. The summed E-state index contributed by atoms with van der Waals surface area (Å²) in [7, 11) is 0. The molecule has 0 unspecified atom stereocenters. The van der Waals surface area contributed by atoms with Crippen LogP contribution in [0.25, 0.3) is 11.0 Å². The first kappa shape index (κ1) is 27.1. The molecule has 0 saturated carbocycles. The van der Waals surface area contributed by atoms with Gasteiger partial charge in [0.05, 0.1) is 0 Å². The second-order valence-corrected chi connectivity index (χ2v) is 8.55. The van der Waals surface area contributed by atoms with E-state index in [1.54, 1.807) is 25.1 Å². The fraction of sp³-hybridized carbons (Fsp3) is 0.400. The van der Waals surface area contributed by atoms with E-state index in [0.29, 0.717) is 29.7 Å². The average Bonchev–Trinajstić information content (AvgIpc) is 2.80. The van der Waals surface area contributed by atoms with Crippen LogP contribution in [0.15, 0.2) is 76.0 Å². The molecular formula is C30H39NO3. The van der Waals surface area contributed by atoms with Gasteiger partial charge in [0.15, 0.2) is 5.78 Å². The van der Waals surface area contributed by atoms with Crippen molar-refractivity contribution in [2.45, 2.75) is 78.1 Å². The number of anilines is 1. The van der Waals surface area contributed by atoms with Gasteiger partial charge in [-0.25, -0.2) is 4.79 Å². The number of hydrogen-bond donors (Lipinski definition) is 1. The van der Waals surface area contributed by atoms with Crippen LogP contribution in [-0.2, 0) is 0 Å². The van der Waals surface area contributed by atoms with Crippen LogP contribution in [0.2, 0.25) is 0 Å². The Hall–Kier alpha value is -3.14. The largest absolute Gasteiger partial charge is 0.422 e. The minimum atomic E-state index is -0.585. The normalized spacial score (nSPS) is 12.3. The SMILES string of the molecule is CCCCC/C=C\C/C=C\C/C=C\C/C=C\CCCC(=O)c1c(C)c2ccc(N)cc2oc1=O. The van der Waals surface area contributed by atoms with Crippen molar-refractivity contribution in [2.24, 2.45) is 0 Å². The Bertz CT molecular complexity index is 1090. The first-order valence-electron chi connectivity index (χ1n) is 12.5. The molecule has 0 aliphatic rings. The van der Waals surface area contributed by atoms with Crippen LogP contribution in [0.5, 0.6) is 0 Å². The lowest BCUT2D eigenvalue weighted by atomic mass is 9.99. The Labute approximate surface area is 203 Å². The third kappa shape index (κ3) is 9.38. The summed E-state index contributed by atoms with van der Waals surface area (Å²) in [5.74, 6) is -0.166. The molecule has 0 aliphatic carbocycles. The van der Waals surface area contributed by atoms with Gasteiger partial charge >= 0.3 is 5.63 Å². The van der Waals surface area contributed by atoms with E-state index >= 15 is 0 Å². The third-order valence-electron chi connectivity index (χ3n) is 5.70. The van der Waals surface area contributed by atoms with Gasteiger partial charge in [0, 0.05) is 23.6 Å². The molecule has 1 aromatic heterocycles. The van der Waals surface area contributed by atoms with Gasteiger partial charge < -0.3 is 10.2 Å². The second-order valence-electron chi connectivity index (χ2n) is 8.55. The summed E-state index contributed by atoms with van der Waals surface area (Å²) in [6.07, 6.45) is 27.2. The number of Topliss-reactive ketones (excluding diaryl/α,β-unsaturated/α-hetero) is 1. The van der Waals surface area contributed by atoms with Crippen molar-refractivity contribution >= 4 is 22.4 Å². The third-order valence-corrected chi connectivity index (χ3v) is 5.70. The molecule has 0 amide bonds. The van der Waals surface area contributed by atoms with Gasteiger partial charge in [-0.15, -0.1) is 0 Å². The van der Waals surface area contributed by atoms with Crippen molar-refractivity contribution in [2.75, 3.05) is 5.73 Å². The molecule has 1 heterocycles. The van der Waals surface area contributed by atoms with Crippen LogP contribution in [0.1, 0.15) is 87.1 Å². The molecule has 2 N–H and O–H groups in total. The van der Waals surface area contributed by atoms with E-state index in [4.69, 9.17) is 10.2 Å². The van der Waals surface area contributed by atoms with Crippen LogP contribution in [0.3, 0.4) is 0 Å². The van der Waals surface area contributed by atoms with E-state index in [-0.39, 0.29) is 11.3 Å². The summed E-state index contributed by atoms with van der Waals surface area (Å²) in [6.45, 7) is 4.02. The lowest BCUT2D eigenvalue weighted by Gasteiger charge is -2.07. The van der Waals surface area contributed by atoms with Crippen molar-refractivity contribution in [3.8, 4) is 0 Å². The quantitative estimate of drug-likeness (QED) is 0.0958. The highest BCUT2D eigenvalue weighted by molar-refractivity contribution is 6.00. The van der Waals surface area contributed by atoms with Crippen LogP contribution < -0.4 is 11.4 Å². The molecule has 2 aromatic rings. The molecule has 0 spiro atoms. The Kier molecular flexibility index (Phi) is 12.5. The number of benzene rings is 1. The van der Waals surface area contributed by atoms with Crippen molar-refractivity contribution in [3.63, 3.8) is 0 Å². The molecule has 182 valence electrons. The molecule has 4 heteroatoms. The predicted octanol–water partition coefficient (Wildman–Crippen LogP) is 8.01. The summed E-state index contributed by atoms with van der Waals surface area (Å²) in [6, 6.07) is 5.15. The van der Waals surface area contributed by atoms with Crippen LogP contribution in [0, 0.1) is 6.92 Å². The first-order valence-corrected chi connectivity index (χ1v) is 12.5. The van der Waals surface area contributed by atoms with E-state index in [1.165, 1.54) is 25.7 Å². The number of nitrogens with two attached hydrogens (primary N) is 1. The van der Waals surface area contributed by atoms with Crippen molar-refractivity contribution in [1.29, 1.82) is 0 Å². The number of aryl methyl sites for hydroxylation is 1. The zero-order valence-electron chi connectivity index (χ0n) is 20.7. The highest BCUT2D eigenvalue weighted by Gasteiger charge is 2.17. The number of carbonyl (C=O) groups excluding carboxylic acids is 1. The molecule has 0 radical (unpaired) electrons. The highest BCUT2D eigenvalue weighted by Crippen LogP contribution is 2.22. The summed E-state index contributed by atoms with van der Waals surface area (Å²) in [4.78, 5) is 25.0. The molecule has 0 aliphatic heterocycles. The Morgan fingerprint density at radius 3 is 2.09 bits per heavy atom. The van der Waals surface area contributed by atoms with Gasteiger partial charge in [-0.1, -0.05) is 68.4 Å². The smallest absolute Gasteiger partial charge is 0.347 e. The standard InChI is InChI=1S/C30H39NO3/c1-3-4-5-6-7-8-9-10-11-12-13-14-15-16-17-18-19-20-27(32)29-24(2)26-22-21-25(31)23-28(26)34-30(29)33/h7-8,10-11,13-14,16-17,21-23H,3-6,9,12,15,18-20,31H2,1-2H3/b8-7-,11-10-,14-13-,17-16-. The number of rotatable bonds is 15. The molecule has 2 rings (SSSR count). The number of carbonyl (C=O) groups is 1. The molecule has 0 saturated heterocycles. The molecule has 34 heavy (non-hydrogen) atoms. The van der Waals surface area contributed by atoms with Crippen molar-refractivity contribution in [1.82, 2.24) is 0 Å². The number of fused-ring (bicyclic) bond motifs is 1. The van der Waals surface area contributed by atoms with Gasteiger partial charge in [-0.2, -0.15) is 0 Å². The topological polar surface area (TPSA) is 73.3 Å². The van der Waals surface area contributed by atoms with E-state index in [2.05, 4.69) is 55.5 Å². The number of nitrogen functional groups attached to an aromatic ring is 1. The van der Waals surface area contributed by atoms with Crippen LogP contribution in [0.4, 0.5) is 5.69 Å². The minimum Gasteiger partial charge on any atom is -0.422 e. The zero-order chi connectivity index (χ0) is 24.6. The zero-order valence-corrected chi connectivity index (χ0v) is 20.7. The van der Waals surface area contributed by atoms with Crippen LogP contribution in [-0.4, -0.2) is 5.78 Å². The van der Waals surface area contributed by atoms with Gasteiger partial charge in [0.2, 0.25) is 0 Å². The fourth-order valence-electron chi connectivity index (χ4n) is 3.76. The van der Waals surface area contributed by atoms with E-state index in [1.807, 2.05) is 0 Å². The van der Waals surface area contributed by atoms with E-state index in [9.17, 15) is 9.59 Å². The lowest BCUT2D eigenvalue weighted by molar-refractivity contribution is 0.0976. The van der Waals surface area contributed by atoms with E-state index in [0.717, 1.165) is 31.1 Å². The molecule has 0 atom stereocenters. The first-order chi connectivity index (χ1) is 16.5. The fourth-order valence-corrected chi connectivity index (χ4v) is 3.76. The van der Waals surface area contributed by atoms with Crippen molar-refractivity contribution < 1.29 is 9.21 Å². The minimum absolute atomic E-state index is 0.157. The Morgan fingerprint density at radius 2 is 1.47 bits per heavy atom. The van der Waals surface area contributed by atoms with Crippen molar-refractivity contribution in [3.05, 3.63) is 88.4 Å². The monoisotopic (exact) mass is 461 g/mol. The molecule has 0 fully saturated rings. The second kappa shape index (κ2) is 15.7. The summed E-state index contributed by atoms with van der Waals surface area (Å²) >= 11 is 0.